The van der Waals surface area contributed by atoms with Gasteiger partial charge in [0.15, 0.2) is 0 Å². The molecule has 3 aromatic carbocycles. The topological polar surface area (TPSA) is 76.1 Å². The SMILES string of the molecule is COc1cccc(OC)c1/C(O)=C1\C(=O)C(=O)N(Cc2cc(C)ccc2C)C1c1ccc(C(C)(C)C)cc1. The Hall–Kier alpha value is -4.06. The van der Waals surface area contributed by atoms with Crippen molar-refractivity contribution in [1.29, 1.82) is 0 Å². The third kappa shape index (κ3) is 4.91. The second-order valence-corrected chi connectivity index (χ2v) is 10.8. The van der Waals surface area contributed by atoms with E-state index in [0.717, 1.165) is 27.8 Å². The molecule has 0 saturated carbocycles. The van der Waals surface area contributed by atoms with Gasteiger partial charge in [0.25, 0.3) is 11.7 Å². The number of ether oxygens (including phenoxy) is 2. The Morgan fingerprint density at radius 1 is 0.921 bits per heavy atom. The number of ketones is 1. The molecule has 0 radical (unpaired) electrons. The summed E-state index contributed by atoms with van der Waals surface area (Å²) in [6.45, 7) is 10.6. The lowest BCUT2D eigenvalue weighted by Crippen LogP contribution is -2.29. The molecule has 6 heteroatoms. The van der Waals surface area contributed by atoms with E-state index in [-0.39, 0.29) is 28.9 Å². The van der Waals surface area contributed by atoms with Crippen LogP contribution in [0.4, 0.5) is 0 Å². The molecule has 38 heavy (non-hydrogen) atoms. The molecule has 1 fully saturated rings. The van der Waals surface area contributed by atoms with Crippen molar-refractivity contribution in [3.8, 4) is 11.5 Å². The van der Waals surface area contributed by atoms with E-state index in [1.807, 2.05) is 56.3 Å². The van der Waals surface area contributed by atoms with E-state index >= 15 is 0 Å². The molecule has 1 N–H and O–H groups in total. The fourth-order valence-corrected chi connectivity index (χ4v) is 4.93. The summed E-state index contributed by atoms with van der Waals surface area (Å²) in [5.74, 6) is -1.06. The molecule has 1 saturated heterocycles. The number of aryl methyl sites for hydroxylation is 2. The minimum Gasteiger partial charge on any atom is -0.506 e. The van der Waals surface area contributed by atoms with Gasteiger partial charge in [0.05, 0.1) is 25.8 Å². The molecule has 1 aliphatic heterocycles. The molecule has 1 heterocycles. The summed E-state index contributed by atoms with van der Waals surface area (Å²) < 4.78 is 11.0. The number of Topliss-reactive ketones (excluding diaryl/α,β-unsaturated/α-hetero) is 1. The number of hydrogen-bond acceptors (Lipinski definition) is 5. The van der Waals surface area contributed by atoms with Crippen LogP contribution in [0.5, 0.6) is 11.5 Å². The van der Waals surface area contributed by atoms with Crippen LogP contribution >= 0.6 is 0 Å². The Morgan fingerprint density at radius 3 is 2.08 bits per heavy atom. The number of methoxy groups -OCH3 is 2. The quantitative estimate of drug-likeness (QED) is 0.240. The van der Waals surface area contributed by atoms with Crippen molar-refractivity contribution in [2.75, 3.05) is 14.2 Å². The van der Waals surface area contributed by atoms with Crippen molar-refractivity contribution in [2.24, 2.45) is 0 Å². The van der Waals surface area contributed by atoms with Gasteiger partial charge in [-0.15, -0.1) is 0 Å². The lowest BCUT2D eigenvalue weighted by molar-refractivity contribution is -0.140. The maximum Gasteiger partial charge on any atom is 0.295 e. The third-order valence-electron chi connectivity index (χ3n) is 7.14. The van der Waals surface area contributed by atoms with Crippen LogP contribution in [-0.4, -0.2) is 35.9 Å². The molecule has 1 unspecified atom stereocenters. The highest BCUT2D eigenvalue weighted by Gasteiger charge is 2.46. The van der Waals surface area contributed by atoms with E-state index in [1.54, 1.807) is 23.1 Å². The Morgan fingerprint density at radius 2 is 1.53 bits per heavy atom. The second kappa shape index (κ2) is 10.4. The molecular weight excluding hydrogens is 478 g/mol. The highest BCUT2D eigenvalue weighted by molar-refractivity contribution is 6.46. The molecule has 6 nitrogen and oxygen atoms in total. The van der Waals surface area contributed by atoms with Gasteiger partial charge in [-0.25, -0.2) is 0 Å². The number of likely N-dealkylation sites (tertiary alicyclic amines) is 1. The first-order valence-electron chi connectivity index (χ1n) is 12.6. The number of rotatable bonds is 6. The van der Waals surface area contributed by atoms with E-state index in [9.17, 15) is 14.7 Å². The summed E-state index contributed by atoms with van der Waals surface area (Å²) in [5.41, 5.74) is 5.06. The maximum atomic E-state index is 13.6. The molecule has 198 valence electrons. The molecule has 1 amide bonds. The van der Waals surface area contributed by atoms with Gasteiger partial charge in [-0.3, -0.25) is 9.59 Å². The number of aliphatic hydroxyl groups excluding tert-OH is 1. The summed E-state index contributed by atoms with van der Waals surface area (Å²) in [6, 6.07) is 18.2. The van der Waals surface area contributed by atoms with Crippen molar-refractivity contribution in [2.45, 2.75) is 52.6 Å². The van der Waals surface area contributed by atoms with Crippen molar-refractivity contribution in [1.82, 2.24) is 4.90 Å². The van der Waals surface area contributed by atoms with Gasteiger partial charge in [0.2, 0.25) is 0 Å². The van der Waals surface area contributed by atoms with E-state index in [2.05, 4.69) is 20.8 Å². The van der Waals surface area contributed by atoms with Crippen LogP contribution in [0.15, 0.2) is 66.2 Å². The summed E-state index contributed by atoms with van der Waals surface area (Å²) in [5, 5.41) is 11.7. The minimum absolute atomic E-state index is 0.00612. The Labute approximate surface area is 224 Å². The average Bonchev–Trinajstić information content (AvgIpc) is 3.14. The van der Waals surface area contributed by atoms with Crippen molar-refractivity contribution >= 4 is 17.4 Å². The average molecular weight is 514 g/mol. The number of benzene rings is 3. The zero-order valence-corrected chi connectivity index (χ0v) is 23.1. The van der Waals surface area contributed by atoms with Crippen LogP contribution in [0.2, 0.25) is 0 Å². The maximum absolute atomic E-state index is 13.6. The van der Waals surface area contributed by atoms with Gasteiger partial charge in [-0.2, -0.15) is 0 Å². The Balaban J connectivity index is 1.95. The fourth-order valence-electron chi connectivity index (χ4n) is 4.93. The lowest BCUT2D eigenvalue weighted by atomic mass is 9.85. The summed E-state index contributed by atoms with van der Waals surface area (Å²) in [7, 11) is 2.96. The first-order valence-corrected chi connectivity index (χ1v) is 12.6. The zero-order valence-electron chi connectivity index (χ0n) is 23.1. The predicted octanol–water partition coefficient (Wildman–Crippen LogP) is 6.24. The summed E-state index contributed by atoms with van der Waals surface area (Å²) >= 11 is 0. The number of aliphatic hydroxyl groups is 1. The molecular formula is C32H35NO5. The van der Waals surface area contributed by atoms with Gasteiger partial charge in [0, 0.05) is 6.54 Å². The van der Waals surface area contributed by atoms with Crippen molar-refractivity contribution < 1.29 is 24.2 Å². The monoisotopic (exact) mass is 513 g/mol. The van der Waals surface area contributed by atoms with Crippen LogP contribution < -0.4 is 9.47 Å². The van der Waals surface area contributed by atoms with Crippen molar-refractivity contribution in [3.63, 3.8) is 0 Å². The lowest BCUT2D eigenvalue weighted by Gasteiger charge is -2.27. The predicted molar refractivity (Wildman–Crippen MR) is 148 cm³/mol. The van der Waals surface area contributed by atoms with Gasteiger partial charge in [0.1, 0.15) is 22.8 Å². The van der Waals surface area contributed by atoms with Crippen molar-refractivity contribution in [3.05, 3.63) is 99.6 Å². The first kappa shape index (κ1) is 27.0. The second-order valence-electron chi connectivity index (χ2n) is 10.8. The van der Waals surface area contributed by atoms with Crippen LogP contribution in [0.1, 0.15) is 60.2 Å². The number of hydrogen-bond donors (Lipinski definition) is 1. The highest BCUT2D eigenvalue weighted by Crippen LogP contribution is 2.44. The van der Waals surface area contributed by atoms with E-state index in [0.29, 0.717) is 11.5 Å². The summed E-state index contributed by atoms with van der Waals surface area (Å²) in [6.07, 6.45) is 0. The van der Waals surface area contributed by atoms with Gasteiger partial charge in [-0.05, 0) is 53.6 Å². The number of nitrogens with zero attached hydrogens (tertiary/aromatic N) is 1. The van der Waals surface area contributed by atoms with Crippen LogP contribution in [0, 0.1) is 13.8 Å². The van der Waals surface area contributed by atoms with E-state index in [4.69, 9.17) is 9.47 Å². The number of carbonyl (C=O) groups excluding carboxylic acids is 2. The smallest absolute Gasteiger partial charge is 0.295 e. The summed E-state index contributed by atoms with van der Waals surface area (Å²) in [4.78, 5) is 28.7. The van der Waals surface area contributed by atoms with Crippen LogP contribution in [0.3, 0.4) is 0 Å². The Kier molecular flexibility index (Phi) is 7.36. The highest BCUT2D eigenvalue weighted by atomic mass is 16.5. The number of carbonyl (C=O) groups is 2. The number of amides is 1. The molecule has 1 aliphatic rings. The van der Waals surface area contributed by atoms with Gasteiger partial charge < -0.3 is 19.5 Å². The van der Waals surface area contributed by atoms with E-state index in [1.165, 1.54) is 14.2 Å². The standard InChI is InChI=1S/C32H35NO5/c1-19-11-12-20(2)22(17-19)18-33-28(21-13-15-23(16-14-21)32(3,4)5)27(30(35)31(33)36)29(34)26-24(37-6)9-8-10-25(26)38-7/h8-17,28,34H,18H2,1-7H3/b29-27+. The molecule has 0 aliphatic carbocycles. The normalized spacial score (nSPS) is 17.1. The first-order chi connectivity index (χ1) is 18.0. The van der Waals surface area contributed by atoms with Crippen LogP contribution in [0.25, 0.3) is 5.76 Å². The zero-order chi connectivity index (χ0) is 27.8. The molecule has 0 aromatic heterocycles. The Bertz CT molecular complexity index is 1390. The minimum atomic E-state index is -0.793. The van der Waals surface area contributed by atoms with Crippen LogP contribution in [-0.2, 0) is 21.5 Å². The van der Waals surface area contributed by atoms with Gasteiger partial charge >= 0.3 is 0 Å². The largest absolute Gasteiger partial charge is 0.506 e. The molecule has 4 rings (SSSR count). The molecule has 3 aromatic rings. The van der Waals surface area contributed by atoms with E-state index < -0.39 is 17.7 Å². The molecule has 1 atom stereocenters. The third-order valence-corrected chi connectivity index (χ3v) is 7.14. The molecule has 0 spiro atoms. The fraction of sp³-hybridized carbons (Fsp3) is 0.312. The van der Waals surface area contributed by atoms with Gasteiger partial charge in [-0.1, -0.05) is 74.9 Å². The molecule has 0 bridgehead atoms.